The van der Waals surface area contributed by atoms with Crippen LogP contribution >= 0.6 is 11.3 Å². The average Bonchev–Trinajstić information content (AvgIpc) is 3.15. The van der Waals surface area contributed by atoms with E-state index in [4.69, 9.17) is 4.74 Å². The summed E-state index contributed by atoms with van der Waals surface area (Å²) >= 11 is 1.39. The molecule has 30 heavy (non-hydrogen) atoms. The Kier molecular flexibility index (Phi) is 7.93. The van der Waals surface area contributed by atoms with Gasteiger partial charge in [-0.1, -0.05) is 0 Å². The number of nitrogens with zero attached hydrogens (tertiary/aromatic N) is 3. The van der Waals surface area contributed by atoms with Gasteiger partial charge in [-0.25, -0.2) is 4.98 Å². The normalized spacial score (nSPS) is 16.7. The largest absolute Gasteiger partial charge is 0.379 e. The molecule has 1 fully saturated rings. The predicted molar refractivity (Wildman–Crippen MR) is 117 cm³/mol. The maximum atomic E-state index is 13.1. The molecule has 2 aromatic heterocycles. The van der Waals surface area contributed by atoms with Crippen molar-refractivity contribution in [2.24, 2.45) is 5.92 Å². The standard InChI is InChI=1S/C22H30N4O3S/c1-15(2)29-12-6-10-24-20(27)18-8-5-11-26(14-18)22(28)19-16(3)25-21(30-19)17-7-4-9-23-13-17/h4,7,9,13,15,18H,5-6,8,10-12,14H2,1-3H3,(H,24,27). The third-order valence-electron chi connectivity index (χ3n) is 5.05. The van der Waals surface area contributed by atoms with Gasteiger partial charge >= 0.3 is 0 Å². The topological polar surface area (TPSA) is 84.4 Å². The molecule has 0 bridgehead atoms. The fraction of sp³-hybridized carbons (Fsp3) is 0.545. The van der Waals surface area contributed by atoms with Gasteiger partial charge in [-0.2, -0.15) is 0 Å². The van der Waals surface area contributed by atoms with Crippen molar-refractivity contribution in [3.8, 4) is 10.6 Å². The van der Waals surface area contributed by atoms with Gasteiger partial charge in [0.1, 0.15) is 9.88 Å². The highest BCUT2D eigenvalue weighted by atomic mass is 32.1. The molecule has 0 aliphatic carbocycles. The summed E-state index contributed by atoms with van der Waals surface area (Å²) in [6.45, 7) is 8.21. The molecule has 1 atom stereocenters. The van der Waals surface area contributed by atoms with E-state index in [1.54, 1.807) is 17.3 Å². The SMILES string of the molecule is Cc1nc(-c2cccnc2)sc1C(=O)N1CCCC(C(=O)NCCCOC(C)C)C1. The molecule has 0 aromatic carbocycles. The van der Waals surface area contributed by atoms with Gasteiger partial charge < -0.3 is 15.0 Å². The maximum absolute atomic E-state index is 13.1. The summed E-state index contributed by atoms with van der Waals surface area (Å²) in [6, 6.07) is 3.80. The number of amides is 2. The molecular weight excluding hydrogens is 400 g/mol. The Morgan fingerprint density at radius 3 is 2.97 bits per heavy atom. The minimum atomic E-state index is -0.167. The smallest absolute Gasteiger partial charge is 0.265 e. The molecule has 7 nitrogen and oxygen atoms in total. The number of likely N-dealkylation sites (tertiary alicyclic amines) is 1. The third kappa shape index (κ3) is 5.86. The lowest BCUT2D eigenvalue weighted by Crippen LogP contribution is -2.45. The summed E-state index contributed by atoms with van der Waals surface area (Å²) in [5, 5.41) is 3.78. The van der Waals surface area contributed by atoms with E-state index in [0.717, 1.165) is 35.5 Å². The first-order valence-electron chi connectivity index (χ1n) is 10.5. The van der Waals surface area contributed by atoms with E-state index < -0.39 is 0 Å². The average molecular weight is 431 g/mol. The summed E-state index contributed by atoms with van der Waals surface area (Å²) in [7, 11) is 0. The van der Waals surface area contributed by atoms with Gasteiger partial charge in [0.2, 0.25) is 5.91 Å². The highest BCUT2D eigenvalue weighted by molar-refractivity contribution is 7.17. The van der Waals surface area contributed by atoms with Crippen LogP contribution < -0.4 is 5.32 Å². The predicted octanol–water partition coefficient (Wildman–Crippen LogP) is 3.30. The van der Waals surface area contributed by atoms with Crippen LogP contribution in [0.3, 0.4) is 0 Å². The van der Waals surface area contributed by atoms with E-state index in [2.05, 4.69) is 15.3 Å². The zero-order valence-electron chi connectivity index (χ0n) is 17.9. The summed E-state index contributed by atoms with van der Waals surface area (Å²) in [5.41, 5.74) is 1.63. The number of thiazole rings is 1. The van der Waals surface area contributed by atoms with Gasteiger partial charge in [-0.05, 0) is 52.2 Å². The molecule has 2 amide bonds. The van der Waals surface area contributed by atoms with Crippen molar-refractivity contribution in [2.75, 3.05) is 26.2 Å². The number of aryl methyl sites for hydroxylation is 1. The number of piperidine rings is 1. The van der Waals surface area contributed by atoms with Crippen LogP contribution in [0.25, 0.3) is 10.6 Å². The maximum Gasteiger partial charge on any atom is 0.265 e. The van der Waals surface area contributed by atoms with Crippen LogP contribution in [0.1, 0.15) is 48.5 Å². The molecule has 1 aliphatic rings. The summed E-state index contributed by atoms with van der Waals surface area (Å²) in [5.74, 6) is -0.183. The van der Waals surface area contributed by atoms with E-state index in [1.165, 1.54) is 11.3 Å². The highest BCUT2D eigenvalue weighted by Gasteiger charge is 2.30. The molecular formula is C22H30N4O3S. The van der Waals surface area contributed by atoms with Crippen molar-refractivity contribution in [3.05, 3.63) is 35.1 Å². The van der Waals surface area contributed by atoms with Crippen LogP contribution in [0.4, 0.5) is 0 Å². The second-order valence-electron chi connectivity index (χ2n) is 7.83. The monoisotopic (exact) mass is 430 g/mol. The Hall–Kier alpha value is -2.32. The zero-order chi connectivity index (χ0) is 21.5. The second kappa shape index (κ2) is 10.6. The van der Waals surface area contributed by atoms with E-state index >= 15 is 0 Å². The Balaban J connectivity index is 1.57. The van der Waals surface area contributed by atoms with Crippen molar-refractivity contribution in [2.45, 2.75) is 46.1 Å². The lowest BCUT2D eigenvalue weighted by Gasteiger charge is -2.31. The van der Waals surface area contributed by atoms with Crippen molar-refractivity contribution in [1.29, 1.82) is 0 Å². The number of carbonyl (C=O) groups is 2. The first-order chi connectivity index (χ1) is 14.5. The number of pyridine rings is 1. The number of ether oxygens (including phenoxy) is 1. The number of nitrogens with one attached hydrogen (secondary N) is 1. The van der Waals surface area contributed by atoms with Crippen molar-refractivity contribution in [3.63, 3.8) is 0 Å². The van der Waals surface area contributed by atoms with Gasteiger partial charge in [-0.15, -0.1) is 11.3 Å². The molecule has 0 radical (unpaired) electrons. The molecule has 8 heteroatoms. The first-order valence-corrected chi connectivity index (χ1v) is 11.3. The number of carbonyl (C=O) groups excluding carboxylic acids is 2. The number of hydrogen-bond acceptors (Lipinski definition) is 6. The summed E-state index contributed by atoms with van der Waals surface area (Å²) < 4.78 is 5.50. The van der Waals surface area contributed by atoms with Crippen molar-refractivity contribution in [1.82, 2.24) is 20.2 Å². The Morgan fingerprint density at radius 1 is 1.40 bits per heavy atom. The van der Waals surface area contributed by atoms with Gasteiger partial charge in [0.05, 0.1) is 17.7 Å². The van der Waals surface area contributed by atoms with Gasteiger partial charge in [0.15, 0.2) is 0 Å². The second-order valence-corrected chi connectivity index (χ2v) is 8.83. The van der Waals surface area contributed by atoms with E-state index in [1.807, 2.05) is 32.9 Å². The van der Waals surface area contributed by atoms with Crippen LogP contribution in [0.2, 0.25) is 0 Å². The molecule has 1 N–H and O–H groups in total. The Labute approximate surface area is 181 Å². The molecule has 3 rings (SSSR count). The van der Waals surface area contributed by atoms with Gasteiger partial charge in [-0.3, -0.25) is 14.6 Å². The van der Waals surface area contributed by atoms with Crippen LogP contribution in [-0.2, 0) is 9.53 Å². The summed E-state index contributed by atoms with van der Waals surface area (Å²) in [4.78, 5) is 36.8. The Bertz CT molecular complexity index is 853. The number of rotatable bonds is 8. The minimum absolute atomic E-state index is 0.0223. The van der Waals surface area contributed by atoms with Crippen LogP contribution in [0.15, 0.2) is 24.5 Å². The van der Waals surface area contributed by atoms with Crippen LogP contribution in [0, 0.1) is 12.8 Å². The lowest BCUT2D eigenvalue weighted by atomic mass is 9.97. The summed E-state index contributed by atoms with van der Waals surface area (Å²) in [6.07, 6.45) is 6.09. The molecule has 3 heterocycles. The third-order valence-corrected chi connectivity index (χ3v) is 6.24. The van der Waals surface area contributed by atoms with E-state index in [9.17, 15) is 9.59 Å². The molecule has 1 saturated heterocycles. The molecule has 2 aromatic rings. The first kappa shape index (κ1) is 22.4. The quantitative estimate of drug-likeness (QED) is 0.650. The number of aromatic nitrogens is 2. The number of hydrogen-bond donors (Lipinski definition) is 1. The van der Waals surface area contributed by atoms with Crippen molar-refractivity contribution < 1.29 is 14.3 Å². The van der Waals surface area contributed by atoms with Crippen LogP contribution in [-0.4, -0.2) is 59.0 Å². The molecule has 1 aliphatic heterocycles. The van der Waals surface area contributed by atoms with E-state index in [0.29, 0.717) is 31.1 Å². The zero-order valence-corrected chi connectivity index (χ0v) is 18.7. The van der Waals surface area contributed by atoms with E-state index in [-0.39, 0.29) is 23.8 Å². The fourth-order valence-electron chi connectivity index (χ4n) is 3.47. The Morgan fingerprint density at radius 2 is 2.23 bits per heavy atom. The fourth-order valence-corrected chi connectivity index (χ4v) is 4.50. The van der Waals surface area contributed by atoms with Gasteiger partial charge in [0.25, 0.3) is 5.91 Å². The highest BCUT2D eigenvalue weighted by Crippen LogP contribution is 2.29. The molecule has 162 valence electrons. The molecule has 0 spiro atoms. The van der Waals surface area contributed by atoms with Crippen molar-refractivity contribution >= 4 is 23.2 Å². The van der Waals surface area contributed by atoms with Crippen LogP contribution in [0.5, 0.6) is 0 Å². The van der Waals surface area contributed by atoms with Gasteiger partial charge in [0, 0.05) is 44.2 Å². The molecule has 0 saturated carbocycles. The minimum Gasteiger partial charge on any atom is -0.379 e. The molecule has 1 unspecified atom stereocenters. The lowest BCUT2D eigenvalue weighted by molar-refractivity contribution is -0.126.